The minimum absolute atomic E-state index is 0.147. The lowest BCUT2D eigenvalue weighted by molar-refractivity contribution is 0.129. The van der Waals surface area contributed by atoms with Gasteiger partial charge >= 0.3 is 0 Å². The van der Waals surface area contributed by atoms with Gasteiger partial charge in [0.15, 0.2) is 15.8 Å². The van der Waals surface area contributed by atoms with E-state index in [-0.39, 0.29) is 11.4 Å². The molecule has 0 amide bonds. The van der Waals surface area contributed by atoms with Gasteiger partial charge in [0, 0.05) is 25.2 Å². The highest BCUT2D eigenvalue weighted by Gasteiger charge is 2.40. The number of nitrogens with one attached hydrogen (secondary N) is 1. The van der Waals surface area contributed by atoms with E-state index in [0.29, 0.717) is 19.6 Å². The van der Waals surface area contributed by atoms with E-state index in [2.05, 4.69) is 5.32 Å². The summed E-state index contributed by atoms with van der Waals surface area (Å²) in [6.45, 7) is 13.7. The number of benzene rings is 1. The molecule has 152 valence electrons. The number of para-hydroxylation sites is 1. The number of guanidine groups is 1. The predicted octanol–water partition coefficient (Wildman–Crippen LogP) is 2.84. The maximum absolute atomic E-state index is 12.3. The van der Waals surface area contributed by atoms with E-state index in [1.165, 1.54) is 0 Å². The number of nitrogens with zero attached hydrogens (tertiary/aromatic N) is 2. The molecule has 1 aromatic carbocycles. The molecule has 1 saturated heterocycles. The van der Waals surface area contributed by atoms with Gasteiger partial charge in [-0.05, 0) is 47.6 Å². The normalized spacial score (nSPS) is 19.6. The summed E-state index contributed by atoms with van der Waals surface area (Å²) in [7, 11) is -3.08. The molecule has 0 radical (unpaired) electrons. The first-order valence-corrected chi connectivity index (χ1v) is 11.1. The fraction of sp³-hybridized carbons (Fsp3) is 0.650. The molecule has 0 saturated carbocycles. The highest BCUT2D eigenvalue weighted by atomic mass is 32.2. The minimum Gasteiger partial charge on any atom is -0.488 e. The Kier molecular flexibility index (Phi) is 6.45. The molecule has 1 heterocycles. The van der Waals surface area contributed by atoms with Crippen molar-refractivity contribution in [2.75, 3.05) is 25.4 Å². The van der Waals surface area contributed by atoms with E-state index in [0.717, 1.165) is 23.8 Å². The standard InChI is InChI=1S/C20H33N3O3S/c1-7-21-18(23-12-13-27(24,25)20(5,6)15-23)22-14-16-10-8-9-11-17(16)26-19(2,3)4/h8-11H,7,12-15H2,1-6H3,(H,21,22). The number of hydrogen-bond donors (Lipinski definition) is 1. The Bertz CT molecular complexity index is 780. The van der Waals surface area contributed by atoms with Crippen LogP contribution in [0.5, 0.6) is 5.75 Å². The monoisotopic (exact) mass is 395 g/mol. The Morgan fingerprint density at radius 3 is 2.56 bits per heavy atom. The summed E-state index contributed by atoms with van der Waals surface area (Å²) < 4.78 is 29.8. The molecule has 0 bridgehead atoms. The number of ether oxygens (including phenoxy) is 1. The van der Waals surface area contributed by atoms with Crippen molar-refractivity contribution in [1.82, 2.24) is 10.2 Å². The van der Waals surface area contributed by atoms with Crippen LogP contribution in [0.2, 0.25) is 0 Å². The second-order valence-electron chi connectivity index (χ2n) is 8.49. The van der Waals surface area contributed by atoms with E-state index in [1.54, 1.807) is 13.8 Å². The molecule has 1 aliphatic rings. The number of rotatable bonds is 4. The summed E-state index contributed by atoms with van der Waals surface area (Å²) in [5.41, 5.74) is 0.724. The zero-order chi connectivity index (χ0) is 20.3. The summed E-state index contributed by atoms with van der Waals surface area (Å²) in [5, 5.41) is 3.30. The Morgan fingerprint density at radius 1 is 1.30 bits per heavy atom. The lowest BCUT2D eigenvalue weighted by atomic mass is 10.1. The molecule has 1 aromatic rings. The first kappa shape index (κ1) is 21.5. The first-order valence-electron chi connectivity index (χ1n) is 9.48. The van der Waals surface area contributed by atoms with Gasteiger partial charge in [-0.1, -0.05) is 18.2 Å². The Labute approximate surface area is 163 Å². The summed E-state index contributed by atoms with van der Waals surface area (Å²) in [6.07, 6.45) is 0. The number of hydrogen-bond acceptors (Lipinski definition) is 4. The lowest BCUT2D eigenvalue weighted by Gasteiger charge is -2.39. The van der Waals surface area contributed by atoms with Gasteiger partial charge in [0.25, 0.3) is 0 Å². The molecule has 1 aliphatic heterocycles. The smallest absolute Gasteiger partial charge is 0.194 e. The van der Waals surface area contributed by atoms with E-state index in [4.69, 9.17) is 9.73 Å². The van der Waals surface area contributed by atoms with Gasteiger partial charge in [0.1, 0.15) is 11.4 Å². The Morgan fingerprint density at radius 2 is 1.96 bits per heavy atom. The number of sulfone groups is 1. The van der Waals surface area contributed by atoms with Gasteiger partial charge in [-0.3, -0.25) is 0 Å². The molecule has 0 unspecified atom stereocenters. The molecular formula is C20H33N3O3S. The largest absolute Gasteiger partial charge is 0.488 e. The zero-order valence-corrected chi connectivity index (χ0v) is 18.2. The van der Waals surface area contributed by atoms with Crippen LogP contribution in [0.1, 0.15) is 47.1 Å². The van der Waals surface area contributed by atoms with Crippen LogP contribution in [0, 0.1) is 0 Å². The topological polar surface area (TPSA) is 71.0 Å². The van der Waals surface area contributed by atoms with Gasteiger partial charge in [-0.15, -0.1) is 0 Å². The van der Waals surface area contributed by atoms with Crippen LogP contribution >= 0.6 is 0 Å². The average Bonchev–Trinajstić information content (AvgIpc) is 2.54. The Hall–Kier alpha value is -1.76. The highest BCUT2D eigenvalue weighted by Crippen LogP contribution is 2.25. The molecule has 0 spiro atoms. The number of aliphatic imine (C=N–C) groups is 1. The fourth-order valence-electron chi connectivity index (χ4n) is 2.97. The van der Waals surface area contributed by atoms with Crippen molar-refractivity contribution in [3.63, 3.8) is 0 Å². The summed E-state index contributed by atoms with van der Waals surface area (Å²) in [4.78, 5) is 6.81. The first-order chi connectivity index (χ1) is 12.5. The van der Waals surface area contributed by atoms with E-state index in [9.17, 15) is 8.42 Å². The van der Waals surface area contributed by atoms with Crippen molar-refractivity contribution in [3.05, 3.63) is 29.8 Å². The van der Waals surface area contributed by atoms with Crippen LogP contribution < -0.4 is 10.1 Å². The quantitative estimate of drug-likeness (QED) is 0.627. The molecule has 6 nitrogen and oxygen atoms in total. The third kappa shape index (κ3) is 5.61. The molecular weight excluding hydrogens is 362 g/mol. The van der Waals surface area contributed by atoms with Crippen molar-refractivity contribution < 1.29 is 13.2 Å². The maximum Gasteiger partial charge on any atom is 0.194 e. The van der Waals surface area contributed by atoms with Gasteiger partial charge < -0.3 is 15.0 Å². The molecule has 27 heavy (non-hydrogen) atoms. The van der Waals surface area contributed by atoms with Gasteiger partial charge in [0.2, 0.25) is 0 Å². The Balaban J connectivity index is 2.22. The van der Waals surface area contributed by atoms with Crippen LogP contribution in [-0.4, -0.2) is 55.0 Å². The maximum atomic E-state index is 12.3. The van der Waals surface area contributed by atoms with Gasteiger partial charge in [-0.25, -0.2) is 13.4 Å². The van der Waals surface area contributed by atoms with Crippen LogP contribution in [0.25, 0.3) is 0 Å². The van der Waals surface area contributed by atoms with Crippen LogP contribution in [0.15, 0.2) is 29.3 Å². The predicted molar refractivity (Wildman–Crippen MR) is 111 cm³/mol. The second-order valence-corrected chi connectivity index (χ2v) is 11.2. The van der Waals surface area contributed by atoms with Crippen LogP contribution in [0.3, 0.4) is 0 Å². The molecule has 7 heteroatoms. The van der Waals surface area contributed by atoms with Gasteiger partial charge in [0.05, 0.1) is 17.0 Å². The molecule has 0 aliphatic carbocycles. The third-order valence-corrected chi connectivity index (χ3v) is 7.00. The van der Waals surface area contributed by atoms with E-state index in [1.807, 2.05) is 56.9 Å². The van der Waals surface area contributed by atoms with Crippen molar-refractivity contribution >= 4 is 15.8 Å². The summed E-state index contributed by atoms with van der Waals surface area (Å²) in [5.74, 6) is 1.71. The molecule has 0 atom stereocenters. The second kappa shape index (κ2) is 8.09. The zero-order valence-electron chi connectivity index (χ0n) is 17.4. The van der Waals surface area contributed by atoms with Gasteiger partial charge in [-0.2, -0.15) is 0 Å². The fourth-order valence-corrected chi connectivity index (χ4v) is 4.34. The third-order valence-electron chi connectivity index (χ3n) is 4.47. The van der Waals surface area contributed by atoms with E-state index < -0.39 is 14.6 Å². The van der Waals surface area contributed by atoms with Crippen molar-refractivity contribution in [1.29, 1.82) is 0 Å². The summed E-state index contributed by atoms with van der Waals surface area (Å²) in [6, 6.07) is 7.90. The van der Waals surface area contributed by atoms with Crippen LogP contribution in [0.4, 0.5) is 0 Å². The summed E-state index contributed by atoms with van der Waals surface area (Å²) >= 11 is 0. The SMILES string of the molecule is CCNC(=NCc1ccccc1OC(C)(C)C)N1CCS(=O)(=O)C(C)(C)C1. The van der Waals surface area contributed by atoms with Crippen molar-refractivity contribution in [2.24, 2.45) is 4.99 Å². The molecule has 2 rings (SSSR count). The van der Waals surface area contributed by atoms with Crippen molar-refractivity contribution in [2.45, 2.75) is 58.4 Å². The van der Waals surface area contributed by atoms with Crippen LogP contribution in [-0.2, 0) is 16.4 Å². The highest BCUT2D eigenvalue weighted by molar-refractivity contribution is 7.92. The average molecular weight is 396 g/mol. The minimum atomic E-state index is -3.08. The van der Waals surface area contributed by atoms with E-state index >= 15 is 0 Å². The van der Waals surface area contributed by atoms with Crippen molar-refractivity contribution in [3.8, 4) is 5.75 Å². The molecule has 0 aromatic heterocycles. The molecule has 1 N–H and O–H groups in total. The molecule has 1 fully saturated rings. The lowest BCUT2D eigenvalue weighted by Crippen LogP contribution is -2.57.